The van der Waals surface area contributed by atoms with Crippen molar-refractivity contribution in [2.24, 2.45) is 0 Å². The Morgan fingerprint density at radius 1 is 1.41 bits per heavy atom. The topological polar surface area (TPSA) is 78.9 Å². The number of amides is 2. The molecule has 0 aromatic heterocycles. The van der Waals surface area contributed by atoms with E-state index in [1.165, 1.54) is 20.9 Å². The van der Waals surface area contributed by atoms with Crippen LogP contribution in [0.4, 0.5) is 4.79 Å². The van der Waals surface area contributed by atoms with Gasteiger partial charge in [0, 0.05) is 13.6 Å². The number of carboxylic acid groups (broad SMARTS) is 1. The third-order valence-corrected chi connectivity index (χ3v) is 2.50. The molecule has 6 nitrogen and oxygen atoms in total. The molecular weight excluding hydrogens is 224 g/mol. The lowest BCUT2D eigenvalue weighted by Gasteiger charge is -2.31. The Labute approximate surface area is 102 Å². The summed E-state index contributed by atoms with van der Waals surface area (Å²) in [6, 6.07) is -0.426. The summed E-state index contributed by atoms with van der Waals surface area (Å²) in [5.41, 5.74) is -1.23. The molecule has 0 bridgehead atoms. The summed E-state index contributed by atoms with van der Waals surface area (Å²) < 4.78 is 5.26. The molecule has 0 radical (unpaired) electrons. The SMILES string of the molecule is CC(C)OCCNC(=O)N(C)C(C)(C)C(=O)O. The lowest BCUT2D eigenvalue weighted by molar-refractivity contribution is -0.146. The second kappa shape index (κ2) is 6.44. The van der Waals surface area contributed by atoms with Gasteiger partial charge in [0.1, 0.15) is 5.54 Å². The fourth-order valence-corrected chi connectivity index (χ4v) is 0.969. The van der Waals surface area contributed by atoms with E-state index in [1.54, 1.807) is 0 Å². The first-order chi connectivity index (χ1) is 7.69. The van der Waals surface area contributed by atoms with Gasteiger partial charge in [0.05, 0.1) is 12.7 Å². The fourth-order valence-electron chi connectivity index (χ4n) is 0.969. The van der Waals surface area contributed by atoms with E-state index in [4.69, 9.17) is 9.84 Å². The minimum Gasteiger partial charge on any atom is -0.480 e. The second-order valence-corrected chi connectivity index (χ2v) is 4.57. The Morgan fingerprint density at radius 2 is 1.94 bits per heavy atom. The van der Waals surface area contributed by atoms with Gasteiger partial charge in [0.25, 0.3) is 0 Å². The van der Waals surface area contributed by atoms with Crippen molar-refractivity contribution in [3.63, 3.8) is 0 Å². The summed E-state index contributed by atoms with van der Waals surface area (Å²) in [6.45, 7) is 7.52. The highest BCUT2D eigenvalue weighted by atomic mass is 16.5. The van der Waals surface area contributed by atoms with Crippen molar-refractivity contribution in [2.45, 2.75) is 39.3 Å². The highest BCUT2D eigenvalue weighted by molar-refractivity contribution is 5.85. The minimum atomic E-state index is -1.23. The zero-order valence-corrected chi connectivity index (χ0v) is 11.1. The van der Waals surface area contributed by atoms with E-state index in [0.717, 1.165) is 4.90 Å². The molecular formula is C11H22N2O4. The maximum Gasteiger partial charge on any atom is 0.329 e. The van der Waals surface area contributed by atoms with E-state index in [2.05, 4.69) is 5.32 Å². The molecule has 2 amide bonds. The third-order valence-electron chi connectivity index (χ3n) is 2.50. The maximum absolute atomic E-state index is 11.6. The van der Waals surface area contributed by atoms with Crippen LogP contribution >= 0.6 is 0 Å². The van der Waals surface area contributed by atoms with Gasteiger partial charge < -0.3 is 20.1 Å². The predicted molar refractivity (Wildman–Crippen MR) is 64.0 cm³/mol. The zero-order chi connectivity index (χ0) is 13.6. The van der Waals surface area contributed by atoms with Crippen molar-refractivity contribution in [1.82, 2.24) is 10.2 Å². The van der Waals surface area contributed by atoms with Gasteiger partial charge in [-0.25, -0.2) is 9.59 Å². The van der Waals surface area contributed by atoms with E-state index in [9.17, 15) is 9.59 Å². The van der Waals surface area contributed by atoms with Gasteiger partial charge in [0.15, 0.2) is 0 Å². The number of rotatable bonds is 6. The molecule has 0 aliphatic carbocycles. The lowest BCUT2D eigenvalue weighted by Crippen LogP contribution is -2.54. The number of carboxylic acids is 1. The molecule has 0 aromatic rings. The van der Waals surface area contributed by atoms with Gasteiger partial charge >= 0.3 is 12.0 Å². The number of hydrogen-bond donors (Lipinski definition) is 2. The van der Waals surface area contributed by atoms with E-state index >= 15 is 0 Å². The van der Waals surface area contributed by atoms with Crippen LogP contribution in [0, 0.1) is 0 Å². The molecule has 0 aliphatic heterocycles. The first kappa shape index (κ1) is 15.7. The van der Waals surface area contributed by atoms with Crippen LogP contribution in [0.25, 0.3) is 0 Å². The normalized spacial score (nSPS) is 11.4. The van der Waals surface area contributed by atoms with Crippen LogP contribution in [0.1, 0.15) is 27.7 Å². The van der Waals surface area contributed by atoms with E-state index in [0.29, 0.717) is 13.2 Å². The van der Waals surface area contributed by atoms with Gasteiger partial charge in [-0.05, 0) is 27.7 Å². The number of aliphatic carboxylic acids is 1. The summed E-state index contributed by atoms with van der Waals surface area (Å²) in [5.74, 6) is -1.05. The highest BCUT2D eigenvalue weighted by Crippen LogP contribution is 2.12. The highest BCUT2D eigenvalue weighted by Gasteiger charge is 2.34. The van der Waals surface area contributed by atoms with Crippen LogP contribution in [0.3, 0.4) is 0 Å². The molecule has 0 unspecified atom stereocenters. The number of hydrogen-bond acceptors (Lipinski definition) is 3. The van der Waals surface area contributed by atoms with Crippen molar-refractivity contribution >= 4 is 12.0 Å². The quantitative estimate of drug-likeness (QED) is 0.683. The Kier molecular flexibility index (Phi) is 5.95. The first-order valence-electron chi connectivity index (χ1n) is 5.56. The van der Waals surface area contributed by atoms with Crippen molar-refractivity contribution < 1.29 is 19.4 Å². The molecule has 0 atom stereocenters. The fraction of sp³-hybridized carbons (Fsp3) is 0.818. The molecule has 0 aromatic carbocycles. The van der Waals surface area contributed by atoms with Crippen LogP contribution in [-0.2, 0) is 9.53 Å². The van der Waals surface area contributed by atoms with E-state index in [-0.39, 0.29) is 6.10 Å². The Bertz CT molecular complexity index is 277. The van der Waals surface area contributed by atoms with Crippen LogP contribution in [0.5, 0.6) is 0 Å². The molecule has 0 saturated carbocycles. The van der Waals surface area contributed by atoms with Gasteiger partial charge in [-0.1, -0.05) is 0 Å². The lowest BCUT2D eigenvalue weighted by atomic mass is 10.1. The average Bonchev–Trinajstić information content (AvgIpc) is 2.22. The standard InChI is InChI=1S/C11H22N2O4/c1-8(2)17-7-6-12-10(16)13(5)11(3,4)9(14)15/h8H,6-7H2,1-5H3,(H,12,16)(H,14,15). The molecule has 2 N–H and O–H groups in total. The maximum atomic E-state index is 11.6. The third kappa shape index (κ3) is 5.04. The molecule has 0 heterocycles. The number of nitrogens with zero attached hydrogens (tertiary/aromatic N) is 1. The molecule has 0 rings (SSSR count). The number of likely N-dealkylation sites (N-methyl/N-ethyl adjacent to an activating group) is 1. The van der Waals surface area contributed by atoms with Crippen LogP contribution in [-0.4, -0.2) is 53.8 Å². The molecule has 6 heteroatoms. The molecule has 0 spiro atoms. The Morgan fingerprint density at radius 3 is 2.35 bits per heavy atom. The van der Waals surface area contributed by atoms with Gasteiger partial charge in [-0.3, -0.25) is 0 Å². The van der Waals surface area contributed by atoms with Crippen molar-refractivity contribution in [3.05, 3.63) is 0 Å². The summed E-state index contributed by atoms with van der Waals surface area (Å²) in [6.07, 6.45) is 0.111. The largest absolute Gasteiger partial charge is 0.480 e. The second-order valence-electron chi connectivity index (χ2n) is 4.57. The smallest absolute Gasteiger partial charge is 0.329 e. The van der Waals surface area contributed by atoms with Gasteiger partial charge in [-0.2, -0.15) is 0 Å². The van der Waals surface area contributed by atoms with E-state index < -0.39 is 17.5 Å². The Hall–Kier alpha value is -1.30. The first-order valence-corrected chi connectivity index (χ1v) is 5.56. The Balaban J connectivity index is 4.11. The summed E-state index contributed by atoms with van der Waals surface area (Å²) in [4.78, 5) is 23.7. The van der Waals surface area contributed by atoms with Gasteiger partial charge in [0.2, 0.25) is 0 Å². The molecule has 17 heavy (non-hydrogen) atoms. The number of ether oxygens (including phenoxy) is 1. The van der Waals surface area contributed by atoms with Crippen LogP contribution in [0.2, 0.25) is 0 Å². The predicted octanol–water partition coefficient (Wildman–Crippen LogP) is 0.916. The average molecular weight is 246 g/mol. The molecule has 100 valence electrons. The number of carbonyl (C=O) groups excluding carboxylic acids is 1. The minimum absolute atomic E-state index is 0.111. The summed E-state index contributed by atoms with van der Waals surface area (Å²) in [5, 5.41) is 11.6. The van der Waals surface area contributed by atoms with Gasteiger partial charge in [-0.15, -0.1) is 0 Å². The summed E-state index contributed by atoms with van der Waals surface area (Å²) in [7, 11) is 1.45. The van der Waals surface area contributed by atoms with E-state index in [1.807, 2.05) is 13.8 Å². The number of carbonyl (C=O) groups is 2. The van der Waals surface area contributed by atoms with Crippen LogP contribution in [0.15, 0.2) is 0 Å². The monoisotopic (exact) mass is 246 g/mol. The molecule has 0 fully saturated rings. The van der Waals surface area contributed by atoms with Crippen molar-refractivity contribution in [3.8, 4) is 0 Å². The molecule has 0 saturated heterocycles. The van der Waals surface area contributed by atoms with Crippen molar-refractivity contribution in [2.75, 3.05) is 20.2 Å². The zero-order valence-electron chi connectivity index (χ0n) is 11.1. The molecule has 0 aliphatic rings. The number of urea groups is 1. The van der Waals surface area contributed by atoms with Crippen molar-refractivity contribution in [1.29, 1.82) is 0 Å². The summed E-state index contributed by atoms with van der Waals surface area (Å²) >= 11 is 0. The number of nitrogens with one attached hydrogen (secondary N) is 1. The van der Waals surface area contributed by atoms with Crippen LogP contribution < -0.4 is 5.32 Å².